The standard InChI is InChI=1S/C15H16N4/c1-9-6-10(2)18-15(17-9)19-13-4-5-14-12(8-13)7-11(3)16-14/h4-8,16H,1-3H3,(H,17,18,19). The summed E-state index contributed by atoms with van der Waals surface area (Å²) in [5, 5.41) is 4.44. The predicted molar refractivity (Wildman–Crippen MR) is 77.8 cm³/mol. The van der Waals surface area contributed by atoms with Crippen LogP contribution >= 0.6 is 0 Å². The topological polar surface area (TPSA) is 53.6 Å². The second-order valence-electron chi connectivity index (χ2n) is 4.85. The van der Waals surface area contributed by atoms with E-state index in [2.05, 4.69) is 45.4 Å². The van der Waals surface area contributed by atoms with Gasteiger partial charge >= 0.3 is 0 Å². The zero-order valence-corrected chi connectivity index (χ0v) is 11.3. The molecule has 0 saturated heterocycles. The monoisotopic (exact) mass is 252 g/mol. The predicted octanol–water partition coefficient (Wildman–Crippen LogP) is 3.63. The Labute approximate surface area is 111 Å². The van der Waals surface area contributed by atoms with E-state index in [0.29, 0.717) is 5.95 Å². The van der Waals surface area contributed by atoms with Gasteiger partial charge in [0.2, 0.25) is 5.95 Å². The van der Waals surface area contributed by atoms with Crippen molar-refractivity contribution >= 4 is 22.5 Å². The first-order valence-corrected chi connectivity index (χ1v) is 6.29. The van der Waals surface area contributed by atoms with Crippen molar-refractivity contribution in [2.24, 2.45) is 0 Å². The van der Waals surface area contributed by atoms with Gasteiger partial charge in [0, 0.05) is 33.7 Å². The third-order valence-electron chi connectivity index (χ3n) is 2.99. The second kappa shape index (κ2) is 4.39. The van der Waals surface area contributed by atoms with Crippen molar-refractivity contribution in [3.8, 4) is 0 Å². The van der Waals surface area contributed by atoms with Gasteiger partial charge in [0.05, 0.1) is 0 Å². The van der Waals surface area contributed by atoms with E-state index >= 15 is 0 Å². The van der Waals surface area contributed by atoms with E-state index in [0.717, 1.165) is 28.3 Å². The number of benzene rings is 1. The quantitative estimate of drug-likeness (QED) is 0.732. The minimum Gasteiger partial charge on any atom is -0.359 e. The highest BCUT2D eigenvalue weighted by Gasteiger charge is 2.02. The summed E-state index contributed by atoms with van der Waals surface area (Å²) in [5.41, 5.74) is 5.23. The number of aromatic amines is 1. The zero-order valence-electron chi connectivity index (χ0n) is 11.3. The molecule has 0 bridgehead atoms. The Bertz CT molecular complexity index is 723. The highest BCUT2D eigenvalue weighted by molar-refractivity contribution is 5.84. The zero-order chi connectivity index (χ0) is 13.4. The Morgan fingerprint density at radius 2 is 1.68 bits per heavy atom. The molecule has 3 rings (SSSR count). The lowest BCUT2D eigenvalue weighted by atomic mass is 10.2. The summed E-state index contributed by atoms with van der Waals surface area (Å²) in [4.78, 5) is 12.1. The summed E-state index contributed by atoms with van der Waals surface area (Å²) < 4.78 is 0. The van der Waals surface area contributed by atoms with Crippen LogP contribution in [-0.4, -0.2) is 15.0 Å². The molecule has 2 aromatic heterocycles. The lowest BCUT2D eigenvalue weighted by molar-refractivity contribution is 1.06. The van der Waals surface area contributed by atoms with E-state index < -0.39 is 0 Å². The van der Waals surface area contributed by atoms with Crippen LogP contribution in [0.5, 0.6) is 0 Å². The van der Waals surface area contributed by atoms with Crippen molar-refractivity contribution in [3.05, 3.63) is 47.4 Å². The average Bonchev–Trinajstić information content (AvgIpc) is 2.67. The number of hydrogen-bond acceptors (Lipinski definition) is 3. The van der Waals surface area contributed by atoms with Crippen LogP contribution in [0, 0.1) is 20.8 Å². The lowest BCUT2D eigenvalue weighted by Crippen LogP contribution is -1.99. The van der Waals surface area contributed by atoms with Gasteiger partial charge in [0.25, 0.3) is 0 Å². The maximum Gasteiger partial charge on any atom is 0.227 e. The molecule has 0 amide bonds. The minimum atomic E-state index is 0.643. The number of nitrogens with zero attached hydrogens (tertiary/aromatic N) is 2. The maximum absolute atomic E-state index is 4.38. The van der Waals surface area contributed by atoms with Gasteiger partial charge in [-0.15, -0.1) is 0 Å². The number of fused-ring (bicyclic) bond motifs is 1. The van der Waals surface area contributed by atoms with Crippen LogP contribution in [0.3, 0.4) is 0 Å². The molecule has 96 valence electrons. The molecular formula is C15H16N4. The van der Waals surface area contributed by atoms with Crippen molar-refractivity contribution in [1.29, 1.82) is 0 Å². The number of nitrogens with one attached hydrogen (secondary N) is 2. The first-order chi connectivity index (χ1) is 9.10. The van der Waals surface area contributed by atoms with E-state index in [1.54, 1.807) is 0 Å². The molecule has 0 radical (unpaired) electrons. The van der Waals surface area contributed by atoms with Crippen molar-refractivity contribution < 1.29 is 0 Å². The van der Waals surface area contributed by atoms with Gasteiger partial charge in [-0.2, -0.15) is 0 Å². The highest BCUT2D eigenvalue weighted by atomic mass is 15.1. The van der Waals surface area contributed by atoms with Crippen molar-refractivity contribution in [2.75, 3.05) is 5.32 Å². The smallest absolute Gasteiger partial charge is 0.227 e. The number of aromatic nitrogens is 3. The Kier molecular flexibility index (Phi) is 2.71. The average molecular weight is 252 g/mol. The molecule has 2 N–H and O–H groups in total. The van der Waals surface area contributed by atoms with Crippen LogP contribution in [0.2, 0.25) is 0 Å². The minimum absolute atomic E-state index is 0.643. The fourth-order valence-corrected chi connectivity index (χ4v) is 2.27. The van der Waals surface area contributed by atoms with Gasteiger partial charge < -0.3 is 10.3 Å². The van der Waals surface area contributed by atoms with Crippen molar-refractivity contribution in [1.82, 2.24) is 15.0 Å². The molecule has 1 aromatic carbocycles. The van der Waals surface area contributed by atoms with Crippen molar-refractivity contribution in [2.45, 2.75) is 20.8 Å². The number of H-pyrrole nitrogens is 1. The Morgan fingerprint density at radius 3 is 2.42 bits per heavy atom. The Hall–Kier alpha value is -2.36. The number of rotatable bonds is 2. The third-order valence-corrected chi connectivity index (χ3v) is 2.99. The van der Waals surface area contributed by atoms with E-state index in [1.807, 2.05) is 26.0 Å². The van der Waals surface area contributed by atoms with Crippen molar-refractivity contribution in [3.63, 3.8) is 0 Å². The first-order valence-electron chi connectivity index (χ1n) is 6.29. The largest absolute Gasteiger partial charge is 0.359 e. The molecule has 0 unspecified atom stereocenters. The summed E-state index contributed by atoms with van der Waals surface area (Å²) in [6, 6.07) is 10.3. The number of hydrogen-bond donors (Lipinski definition) is 2. The van der Waals surface area contributed by atoms with Gasteiger partial charge in [0.15, 0.2) is 0 Å². The fraction of sp³-hybridized carbons (Fsp3) is 0.200. The molecule has 0 saturated carbocycles. The molecule has 3 aromatic rings. The summed E-state index contributed by atoms with van der Waals surface area (Å²) in [7, 11) is 0. The molecule has 19 heavy (non-hydrogen) atoms. The molecule has 0 spiro atoms. The van der Waals surface area contributed by atoms with E-state index in [9.17, 15) is 0 Å². The van der Waals surface area contributed by atoms with Gasteiger partial charge in [0.1, 0.15) is 0 Å². The summed E-state index contributed by atoms with van der Waals surface area (Å²) in [6.45, 7) is 6.00. The van der Waals surface area contributed by atoms with Crippen LogP contribution in [0.1, 0.15) is 17.1 Å². The summed E-state index contributed by atoms with van der Waals surface area (Å²) >= 11 is 0. The van der Waals surface area contributed by atoms with Crippen LogP contribution in [0.25, 0.3) is 10.9 Å². The second-order valence-corrected chi connectivity index (χ2v) is 4.85. The van der Waals surface area contributed by atoms with Crippen LogP contribution in [0.4, 0.5) is 11.6 Å². The summed E-state index contributed by atoms with van der Waals surface area (Å²) in [5.74, 6) is 0.643. The molecule has 0 aliphatic rings. The van der Waals surface area contributed by atoms with E-state index in [4.69, 9.17) is 0 Å². The molecule has 4 nitrogen and oxygen atoms in total. The van der Waals surface area contributed by atoms with Crippen LogP contribution in [-0.2, 0) is 0 Å². The fourth-order valence-electron chi connectivity index (χ4n) is 2.27. The maximum atomic E-state index is 4.38. The van der Waals surface area contributed by atoms with Gasteiger partial charge in [-0.1, -0.05) is 0 Å². The molecular weight excluding hydrogens is 236 g/mol. The SMILES string of the molecule is Cc1cc(C)nc(Nc2ccc3[nH]c(C)cc3c2)n1. The molecule has 0 fully saturated rings. The third kappa shape index (κ3) is 2.42. The van der Waals surface area contributed by atoms with E-state index in [-0.39, 0.29) is 0 Å². The number of aryl methyl sites for hydroxylation is 3. The van der Waals surface area contributed by atoms with Crippen LogP contribution < -0.4 is 5.32 Å². The molecule has 0 aliphatic carbocycles. The molecule has 2 heterocycles. The first kappa shape index (κ1) is 11.7. The van der Waals surface area contributed by atoms with Gasteiger partial charge in [-0.25, -0.2) is 9.97 Å². The Balaban J connectivity index is 1.95. The molecule has 4 heteroatoms. The molecule has 0 atom stereocenters. The van der Waals surface area contributed by atoms with Gasteiger partial charge in [-0.05, 0) is 51.1 Å². The van der Waals surface area contributed by atoms with E-state index in [1.165, 1.54) is 5.39 Å². The van der Waals surface area contributed by atoms with Crippen LogP contribution in [0.15, 0.2) is 30.3 Å². The highest BCUT2D eigenvalue weighted by Crippen LogP contribution is 2.21. The lowest BCUT2D eigenvalue weighted by Gasteiger charge is -2.06. The normalized spacial score (nSPS) is 10.9. The number of anilines is 2. The molecule has 0 aliphatic heterocycles. The summed E-state index contributed by atoms with van der Waals surface area (Å²) in [6.07, 6.45) is 0. The van der Waals surface area contributed by atoms with Gasteiger partial charge in [-0.3, -0.25) is 0 Å². The Morgan fingerprint density at radius 1 is 0.947 bits per heavy atom.